The van der Waals surface area contributed by atoms with Crippen LogP contribution in [0.4, 0.5) is 13.2 Å². The van der Waals surface area contributed by atoms with Crippen LogP contribution in [0, 0.1) is 10.1 Å². The molecule has 0 radical (unpaired) electrons. The Bertz CT molecular complexity index is 402. The van der Waals surface area contributed by atoms with E-state index in [1.54, 1.807) is 0 Å². The van der Waals surface area contributed by atoms with Crippen molar-refractivity contribution < 1.29 is 23.2 Å². The van der Waals surface area contributed by atoms with E-state index in [-0.39, 0.29) is 5.56 Å². The van der Waals surface area contributed by atoms with Gasteiger partial charge in [0.25, 0.3) is 0 Å². The molecule has 0 aromatic heterocycles. The quantitative estimate of drug-likeness (QED) is 0.660. The highest BCUT2D eigenvalue weighted by molar-refractivity contribution is 5.26. The number of nitro groups is 1. The molecule has 1 N–H and O–H groups in total. The molecule has 94 valence electrons. The summed E-state index contributed by atoms with van der Waals surface area (Å²) in [6.07, 6.45) is -5.88. The topological polar surface area (TPSA) is 63.4 Å². The molecule has 0 bridgehead atoms. The van der Waals surface area contributed by atoms with Gasteiger partial charge >= 0.3 is 6.18 Å². The molecular weight excluding hydrogens is 239 g/mol. The summed E-state index contributed by atoms with van der Waals surface area (Å²) in [6, 6.07) is 2.36. The monoisotopic (exact) mass is 249 g/mol. The Balaban J connectivity index is 2.92. The summed E-state index contributed by atoms with van der Waals surface area (Å²) >= 11 is 0. The zero-order valence-corrected chi connectivity index (χ0v) is 8.81. The van der Waals surface area contributed by atoms with Crippen LogP contribution in [0.15, 0.2) is 24.3 Å². The molecule has 0 heterocycles. The average molecular weight is 249 g/mol. The Kier molecular flexibility index (Phi) is 3.72. The van der Waals surface area contributed by atoms with Crippen molar-refractivity contribution in [2.45, 2.75) is 25.2 Å². The number of hydrogen-bond donors (Lipinski definition) is 1. The van der Waals surface area contributed by atoms with Crippen LogP contribution in [-0.4, -0.2) is 16.1 Å². The first-order chi connectivity index (χ1) is 7.73. The van der Waals surface area contributed by atoms with E-state index >= 15 is 0 Å². The third-order valence-electron chi connectivity index (χ3n) is 2.37. The van der Waals surface area contributed by atoms with Gasteiger partial charge in [-0.15, -0.1) is 0 Å². The van der Waals surface area contributed by atoms with Gasteiger partial charge in [0.05, 0.1) is 5.56 Å². The molecule has 0 saturated carbocycles. The predicted molar refractivity (Wildman–Crippen MR) is 52.9 cm³/mol. The van der Waals surface area contributed by atoms with Crippen molar-refractivity contribution in [2.75, 3.05) is 0 Å². The van der Waals surface area contributed by atoms with Crippen molar-refractivity contribution in [3.8, 4) is 0 Å². The van der Waals surface area contributed by atoms with Crippen LogP contribution in [0.2, 0.25) is 0 Å². The highest BCUT2D eigenvalue weighted by Crippen LogP contribution is 2.30. The van der Waals surface area contributed by atoms with Gasteiger partial charge in [-0.25, -0.2) is 0 Å². The first-order valence-electron chi connectivity index (χ1n) is 4.72. The van der Waals surface area contributed by atoms with Gasteiger partial charge < -0.3 is 5.11 Å². The molecule has 0 unspecified atom stereocenters. The maximum atomic E-state index is 12.2. The van der Waals surface area contributed by atoms with E-state index in [0.717, 1.165) is 24.3 Å². The number of aliphatic hydroxyl groups is 1. The fourth-order valence-corrected chi connectivity index (χ4v) is 1.26. The first kappa shape index (κ1) is 13.4. The minimum atomic E-state index is -4.46. The number of rotatable bonds is 3. The summed E-state index contributed by atoms with van der Waals surface area (Å²) in [7, 11) is 0. The normalized spacial score (nSPS) is 15.4. The van der Waals surface area contributed by atoms with Crippen molar-refractivity contribution in [2.24, 2.45) is 0 Å². The molecule has 0 amide bonds. The molecule has 1 aromatic carbocycles. The van der Waals surface area contributed by atoms with Gasteiger partial charge in [-0.2, -0.15) is 13.2 Å². The van der Waals surface area contributed by atoms with Crippen LogP contribution in [0.25, 0.3) is 0 Å². The van der Waals surface area contributed by atoms with E-state index in [0.29, 0.717) is 0 Å². The molecule has 2 atom stereocenters. The van der Waals surface area contributed by atoms with Crippen LogP contribution in [0.5, 0.6) is 0 Å². The maximum absolute atomic E-state index is 12.2. The lowest BCUT2D eigenvalue weighted by Gasteiger charge is -2.13. The zero-order valence-electron chi connectivity index (χ0n) is 8.81. The summed E-state index contributed by atoms with van der Waals surface area (Å²) in [4.78, 5) is 9.71. The highest BCUT2D eigenvalue weighted by Gasteiger charge is 2.31. The molecule has 0 aliphatic carbocycles. The molecule has 4 nitrogen and oxygen atoms in total. The average Bonchev–Trinajstić information content (AvgIpc) is 2.26. The fraction of sp³-hybridized carbons (Fsp3) is 0.400. The number of alkyl halides is 3. The van der Waals surface area contributed by atoms with Gasteiger partial charge in [-0.3, -0.25) is 10.1 Å². The van der Waals surface area contributed by atoms with Crippen molar-refractivity contribution >= 4 is 0 Å². The van der Waals surface area contributed by atoms with Crippen LogP contribution in [0.1, 0.15) is 24.2 Å². The third kappa shape index (κ3) is 3.16. The van der Waals surface area contributed by atoms with Gasteiger partial charge in [-0.1, -0.05) is 12.1 Å². The van der Waals surface area contributed by atoms with E-state index in [1.807, 2.05) is 0 Å². The molecule has 0 spiro atoms. The molecule has 1 aromatic rings. The molecule has 1 rings (SSSR count). The molecule has 0 fully saturated rings. The van der Waals surface area contributed by atoms with Gasteiger partial charge in [0, 0.05) is 11.8 Å². The number of hydrogen-bond acceptors (Lipinski definition) is 3. The lowest BCUT2D eigenvalue weighted by Crippen LogP contribution is -2.24. The predicted octanol–water partition coefficient (Wildman–Crippen LogP) is 2.40. The van der Waals surface area contributed by atoms with Crippen LogP contribution in [-0.2, 0) is 6.18 Å². The third-order valence-corrected chi connectivity index (χ3v) is 2.37. The molecule has 0 saturated heterocycles. The Morgan fingerprint density at radius 2 is 1.76 bits per heavy atom. The van der Waals surface area contributed by atoms with Gasteiger partial charge in [0.15, 0.2) is 0 Å². The Morgan fingerprint density at radius 3 is 2.12 bits per heavy atom. The Hall–Kier alpha value is -1.63. The molecule has 7 heteroatoms. The van der Waals surface area contributed by atoms with E-state index in [1.165, 1.54) is 6.92 Å². The zero-order chi connectivity index (χ0) is 13.2. The van der Waals surface area contributed by atoms with Crippen LogP contribution >= 0.6 is 0 Å². The second-order valence-electron chi connectivity index (χ2n) is 3.59. The Labute approximate surface area is 94.8 Å². The largest absolute Gasteiger partial charge is 0.416 e. The number of benzene rings is 1. The molecule has 0 aliphatic rings. The highest BCUT2D eigenvalue weighted by atomic mass is 19.4. The van der Waals surface area contributed by atoms with Crippen molar-refractivity contribution in [3.63, 3.8) is 0 Å². The van der Waals surface area contributed by atoms with Crippen molar-refractivity contribution in [1.29, 1.82) is 0 Å². The smallest absolute Gasteiger partial charge is 0.381 e. The van der Waals surface area contributed by atoms with E-state index in [2.05, 4.69) is 0 Å². The summed E-state index contributed by atoms with van der Waals surface area (Å²) in [5.74, 6) is 0. The lowest BCUT2D eigenvalue weighted by molar-refractivity contribution is -0.531. The molecule has 0 aliphatic heterocycles. The number of nitrogens with zero attached hydrogens (tertiary/aromatic N) is 1. The van der Waals surface area contributed by atoms with Gasteiger partial charge in [0.1, 0.15) is 6.10 Å². The maximum Gasteiger partial charge on any atom is 0.416 e. The molecular formula is C10H10F3NO3. The van der Waals surface area contributed by atoms with E-state index in [9.17, 15) is 28.4 Å². The number of halogens is 3. The SMILES string of the molecule is C[C@@H]([C@H](O)c1ccc(C(F)(F)F)cc1)[N+](=O)[O-]. The van der Waals surface area contributed by atoms with E-state index < -0.39 is 28.8 Å². The van der Waals surface area contributed by atoms with Crippen molar-refractivity contribution in [1.82, 2.24) is 0 Å². The second kappa shape index (κ2) is 4.70. The summed E-state index contributed by atoms with van der Waals surface area (Å²) in [5, 5.41) is 19.9. The second-order valence-corrected chi connectivity index (χ2v) is 3.59. The van der Waals surface area contributed by atoms with E-state index in [4.69, 9.17) is 0 Å². The minimum absolute atomic E-state index is 0.0854. The minimum Gasteiger partial charge on any atom is -0.381 e. The standard InChI is InChI=1S/C10H10F3NO3/c1-6(14(16)17)9(15)7-2-4-8(5-3-7)10(11,12)13/h2-6,9,15H,1H3/t6-,9-/m0/s1. The van der Waals surface area contributed by atoms with Gasteiger partial charge in [-0.05, 0) is 17.7 Å². The first-order valence-corrected chi connectivity index (χ1v) is 4.72. The van der Waals surface area contributed by atoms with Crippen LogP contribution in [0.3, 0.4) is 0 Å². The van der Waals surface area contributed by atoms with Gasteiger partial charge in [0.2, 0.25) is 6.04 Å². The lowest BCUT2D eigenvalue weighted by atomic mass is 10.0. The summed E-state index contributed by atoms with van der Waals surface area (Å²) in [6.45, 7) is 1.18. The fourth-order valence-electron chi connectivity index (χ4n) is 1.26. The van der Waals surface area contributed by atoms with Crippen molar-refractivity contribution in [3.05, 3.63) is 45.5 Å². The molecule has 17 heavy (non-hydrogen) atoms. The summed E-state index contributed by atoms with van der Waals surface area (Å²) < 4.78 is 36.7. The number of aliphatic hydroxyl groups excluding tert-OH is 1. The Morgan fingerprint density at radius 1 is 1.29 bits per heavy atom. The summed E-state index contributed by atoms with van der Waals surface area (Å²) in [5.41, 5.74) is -0.774. The van der Waals surface area contributed by atoms with Crippen LogP contribution < -0.4 is 0 Å².